The Balaban J connectivity index is 2.05. The van der Waals surface area contributed by atoms with Gasteiger partial charge in [0.25, 0.3) is 0 Å². The van der Waals surface area contributed by atoms with Gasteiger partial charge in [0.2, 0.25) is 0 Å². The maximum absolute atomic E-state index is 6.20. The smallest absolute Gasteiger partial charge is 0.0331 e. The van der Waals surface area contributed by atoms with Crippen molar-refractivity contribution in [2.45, 2.75) is 71.3 Å². The van der Waals surface area contributed by atoms with Gasteiger partial charge in [-0.25, -0.2) is 0 Å². The first-order valence-corrected chi connectivity index (χ1v) is 7.93. The van der Waals surface area contributed by atoms with E-state index < -0.39 is 0 Å². The number of nitrogens with two attached hydrogens (primary N) is 1. The molecule has 2 fully saturated rings. The first-order valence-electron chi connectivity index (χ1n) is 7.93. The number of nitrogens with zero attached hydrogens (tertiary/aromatic N) is 1. The van der Waals surface area contributed by atoms with Crippen LogP contribution >= 0.6 is 0 Å². The highest BCUT2D eigenvalue weighted by Gasteiger charge is 2.40. The van der Waals surface area contributed by atoms with Crippen molar-refractivity contribution < 1.29 is 0 Å². The number of hydrogen-bond donors (Lipinski definition) is 1. The summed E-state index contributed by atoms with van der Waals surface area (Å²) in [4.78, 5) is 2.72. The summed E-state index contributed by atoms with van der Waals surface area (Å²) in [6.07, 6.45) is 9.56. The van der Waals surface area contributed by atoms with Crippen molar-refractivity contribution >= 4 is 0 Å². The van der Waals surface area contributed by atoms with Crippen LogP contribution in [-0.4, -0.2) is 30.1 Å². The molecule has 2 nitrogen and oxygen atoms in total. The quantitative estimate of drug-likeness (QED) is 0.763. The molecule has 2 heteroatoms. The van der Waals surface area contributed by atoms with Crippen LogP contribution in [0.15, 0.2) is 0 Å². The maximum Gasteiger partial charge on any atom is 0.0331 e. The average molecular weight is 252 g/mol. The lowest BCUT2D eigenvalue weighted by Gasteiger charge is -2.41. The molecule has 2 unspecified atom stereocenters. The molecular formula is C16H32N2. The molecule has 1 aliphatic carbocycles. The highest BCUT2D eigenvalue weighted by molar-refractivity contribution is 4.97. The lowest BCUT2D eigenvalue weighted by atomic mass is 9.76. The zero-order chi connectivity index (χ0) is 13.2. The molecule has 1 heterocycles. The molecule has 106 valence electrons. The second kappa shape index (κ2) is 5.50. The minimum atomic E-state index is 0.344. The van der Waals surface area contributed by atoms with E-state index in [9.17, 15) is 0 Å². The Morgan fingerprint density at radius 3 is 2.28 bits per heavy atom. The molecule has 0 aromatic rings. The predicted molar refractivity (Wildman–Crippen MR) is 78.6 cm³/mol. The molecular weight excluding hydrogens is 220 g/mol. The van der Waals surface area contributed by atoms with Crippen LogP contribution in [0.2, 0.25) is 0 Å². The second-order valence-electron chi connectivity index (χ2n) is 7.62. The van der Waals surface area contributed by atoms with E-state index >= 15 is 0 Å². The second-order valence-corrected chi connectivity index (χ2v) is 7.62. The van der Waals surface area contributed by atoms with Crippen molar-refractivity contribution in [1.29, 1.82) is 0 Å². The predicted octanol–water partition coefficient (Wildman–Crippen LogP) is 3.41. The number of rotatable bonds is 2. The Labute approximate surface area is 113 Å². The summed E-state index contributed by atoms with van der Waals surface area (Å²) < 4.78 is 0. The molecule has 2 N–H and O–H groups in total. The molecule has 2 atom stereocenters. The number of likely N-dealkylation sites (tertiary alicyclic amines) is 1. The van der Waals surface area contributed by atoms with Gasteiger partial charge in [0, 0.05) is 12.1 Å². The average Bonchev–Trinajstić information content (AvgIpc) is 2.74. The Bertz CT molecular complexity index is 263. The van der Waals surface area contributed by atoms with Gasteiger partial charge in [-0.05, 0) is 62.9 Å². The van der Waals surface area contributed by atoms with Crippen LogP contribution in [0.5, 0.6) is 0 Å². The highest BCUT2D eigenvalue weighted by Crippen LogP contribution is 2.42. The van der Waals surface area contributed by atoms with E-state index in [1.54, 1.807) is 0 Å². The lowest BCUT2D eigenvalue weighted by Crippen LogP contribution is -2.52. The third-order valence-electron chi connectivity index (χ3n) is 5.53. The first-order chi connectivity index (χ1) is 8.48. The standard InChI is InChI=1S/C16H32N2/c1-15(2,3)14-7-6-9-16(13-17,10-8-14)18-11-4-5-12-18/h14H,4-13,17H2,1-3H3. The summed E-state index contributed by atoms with van der Waals surface area (Å²) >= 11 is 0. The molecule has 0 aromatic carbocycles. The van der Waals surface area contributed by atoms with Crippen LogP contribution in [-0.2, 0) is 0 Å². The molecule has 1 saturated carbocycles. The molecule has 0 aromatic heterocycles. The van der Waals surface area contributed by atoms with Crippen LogP contribution in [0.4, 0.5) is 0 Å². The third kappa shape index (κ3) is 2.91. The largest absolute Gasteiger partial charge is 0.329 e. The van der Waals surface area contributed by atoms with Crippen molar-refractivity contribution in [3.63, 3.8) is 0 Å². The van der Waals surface area contributed by atoms with E-state index in [2.05, 4.69) is 25.7 Å². The maximum atomic E-state index is 6.20. The van der Waals surface area contributed by atoms with Gasteiger partial charge in [0.1, 0.15) is 0 Å². The first kappa shape index (κ1) is 14.3. The van der Waals surface area contributed by atoms with Crippen molar-refractivity contribution in [2.75, 3.05) is 19.6 Å². The van der Waals surface area contributed by atoms with E-state index in [0.29, 0.717) is 11.0 Å². The van der Waals surface area contributed by atoms with Crippen LogP contribution in [0.1, 0.15) is 65.7 Å². The van der Waals surface area contributed by atoms with Crippen LogP contribution in [0.25, 0.3) is 0 Å². The van der Waals surface area contributed by atoms with Crippen molar-refractivity contribution in [3.05, 3.63) is 0 Å². The summed E-state index contributed by atoms with van der Waals surface area (Å²) in [6, 6.07) is 0. The number of hydrogen-bond acceptors (Lipinski definition) is 2. The Morgan fingerprint density at radius 2 is 1.72 bits per heavy atom. The molecule has 0 amide bonds. The Kier molecular flexibility index (Phi) is 4.38. The van der Waals surface area contributed by atoms with E-state index in [1.165, 1.54) is 58.0 Å². The fraction of sp³-hybridized carbons (Fsp3) is 1.00. The van der Waals surface area contributed by atoms with Crippen LogP contribution in [0.3, 0.4) is 0 Å². The summed E-state index contributed by atoms with van der Waals surface area (Å²) in [5.41, 5.74) is 7.01. The third-order valence-corrected chi connectivity index (χ3v) is 5.53. The van der Waals surface area contributed by atoms with Gasteiger partial charge >= 0.3 is 0 Å². The van der Waals surface area contributed by atoms with Crippen molar-refractivity contribution in [2.24, 2.45) is 17.1 Å². The summed E-state index contributed by atoms with van der Waals surface area (Å²) in [6.45, 7) is 10.7. The molecule has 0 radical (unpaired) electrons. The molecule has 0 spiro atoms. The monoisotopic (exact) mass is 252 g/mol. The minimum Gasteiger partial charge on any atom is -0.329 e. The fourth-order valence-electron chi connectivity index (χ4n) is 4.10. The van der Waals surface area contributed by atoms with Gasteiger partial charge in [-0.2, -0.15) is 0 Å². The fourth-order valence-corrected chi connectivity index (χ4v) is 4.10. The molecule has 0 bridgehead atoms. The summed E-state index contributed by atoms with van der Waals surface area (Å²) in [5.74, 6) is 0.883. The zero-order valence-corrected chi connectivity index (χ0v) is 12.7. The Morgan fingerprint density at radius 1 is 1.06 bits per heavy atom. The lowest BCUT2D eigenvalue weighted by molar-refractivity contribution is 0.101. The van der Waals surface area contributed by atoms with Crippen molar-refractivity contribution in [3.8, 4) is 0 Å². The molecule has 18 heavy (non-hydrogen) atoms. The van der Waals surface area contributed by atoms with Gasteiger partial charge in [-0.1, -0.05) is 27.2 Å². The van der Waals surface area contributed by atoms with Gasteiger partial charge in [-0.15, -0.1) is 0 Å². The Hall–Kier alpha value is -0.0800. The van der Waals surface area contributed by atoms with Crippen LogP contribution < -0.4 is 5.73 Å². The molecule has 2 aliphatic rings. The summed E-state index contributed by atoms with van der Waals surface area (Å²) in [5, 5.41) is 0. The van der Waals surface area contributed by atoms with E-state index in [-0.39, 0.29) is 0 Å². The minimum absolute atomic E-state index is 0.344. The van der Waals surface area contributed by atoms with E-state index in [4.69, 9.17) is 5.73 Å². The van der Waals surface area contributed by atoms with E-state index in [0.717, 1.165) is 12.5 Å². The topological polar surface area (TPSA) is 29.3 Å². The van der Waals surface area contributed by atoms with Gasteiger partial charge in [0.05, 0.1) is 0 Å². The summed E-state index contributed by atoms with van der Waals surface area (Å²) in [7, 11) is 0. The van der Waals surface area contributed by atoms with Crippen LogP contribution in [0, 0.1) is 11.3 Å². The molecule has 1 saturated heterocycles. The zero-order valence-electron chi connectivity index (χ0n) is 12.7. The highest BCUT2D eigenvalue weighted by atomic mass is 15.2. The normalized spacial score (nSPS) is 35.7. The van der Waals surface area contributed by atoms with Gasteiger partial charge < -0.3 is 5.73 Å². The molecule has 1 aliphatic heterocycles. The SMILES string of the molecule is CC(C)(C)C1CCCC(CN)(N2CCCC2)CC1. The van der Waals surface area contributed by atoms with E-state index in [1.807, 2.05) is 0 Å². The molecule has 2 rings (SSSR count). The van der Waals surface area contributed by atoms with Crippen molar-refractivity contribution in [1.82, 2.24) is 4.90 Å². The van der Waals surface area contributed by atoms with Gasteiger partial charge in [-0.3, -0.25) is 4.90 Å². The van der Waals surface area contributed by atoms with Gasteiger partial charge in [0.15, 0.2) is 0 Å².